The summed E-state index contributed by atoms with van der Waals surface area (Å²) in [5.74, 6) is -0.409. The van der Waals surface area contributed by atoms with E-state index in [1.165, 1.54) is 17.7 Å². The third kappa shape index (κ3) is 6.31. The van der Waals surface area contributed by atoms with Crippen molar-refractivity contribution < 1.29 is 29.2 Å². The van der Waals surface area contributed by atoms with Crippen LogP contribution in [0, 0.1) is 22.7 Å². The van der Waals surface area contributed by atoms with E-state index in [0.29, 0.717) is 19.3 Å². The van der Waals surface area contributed by atoms with Crippen molar-refractivity contribution in [3.05, 3.63) is 35.5 Å². The lowest BCUT2D eigenvalue weighted by molar-refractivity contribution is -0.162. The molecule has 3 N–H and O–H groups in total. The van der Waals surface area contributed by atoms with E-state index < -0.39 is 35.4 Å². The summed E-state index contributed by atoms with van der Waals surface area (Å²) in [6.07, 6.45) is 11.0. The number of carbonyl (C=O) groups excluding carboxylic acids is 1. The van der Waals surface area contributed by atoms with Crippen LogP contribution in [0.25, 0.3) is 0 Å². The van der Waals surface area contributed by atoms with Crippen molar-refractivity contribution in [3.8, 4) is 0 Å². The van der Waals surface area contributed by atoms with Crippen LogP contribution in [0.15, 0.2) is 35.5 Å². The van der Waals surface area contributed by atoms with Crippen LogP contribution in [0.3, 0.4) is 0 Å². The average Bonchev–Trinajstić information content (AvgIpc) is 3.13. The Hall–Kier alpha value is -1.50. The molecule has 7 atom stereocenters. The lowest BCUT2D eigenvalue weighted by atomic mass is 9.60. The Morgan fingerprint density at radius 3 is 2.39 bits per heavy atom. The van der Waals surface area contributed by atoms with E-state index >= 15 is 4.39 Å². The summed E-state index contributed by atoms with van der Waals surface area (Å²) < 4.78 is 21.5. The minimum atomic E-state index is -1.62. The first-order chi connectivity index (χ1) is 16.7. The number of hydrogen-bond acceptors (Lipinski definition) is 5. The second kappa shape index (κ2) is 11.1. The third-order valence-electron chi connectivity index (χ3n) is 8.93. The van der Waals surface area contributed by atoms with Gasteiger partial charge in [-0.25, -0.2) is 4.39 Å². The second-order valence-corrected chi connectivity index (χ2v) is 12.7. The minimum absolute atomic E-state index is 0.195. The molecule has 204 valence electrons. The van der Waals surface area contributed by atoms with Gasteiger partial charge in [-0.05, 0) is 103 Å². The average molecular weight is 507 g/mol. The smallest absolute Gasteiger partial charge is 0.314 e. The molecule has 0 spiro atoms. The van der Waals surface area contributed by atoms with E-state index in [1.807, 2.05) is 0 Å². The third-order valence-corrected chi connectivity index (χ3v) is 8.93. The van der Waals surface area contributed by atoms with E-state index in [1.54, 1.807) is 34.6 Å². The molecule has 0 bridgehead atoms. The molecule has 3 fully saturated rings. The number of hydrogen-bond donors (Lipinski definition) is 3. The molecule has 0 saturated heterocycles. The van der Waals surface area contributed by atoms with E-state index in [4.69, 9.17) is 4.74 Å². The molecule has 0 amide bonds. The first kappa shape index (κ1) is 29.1. The first-order valence-electron chi connectivity index (χ1n) is 13.7. The van der Waals surface area contributed by atoms with E-state index in [0.717, 1.165) is 37.7 Å². The molecule has 0 aromatic carbocycles. The molecule has 6 heteroatoms. The number of allylic oxidation sites excluding steroid dienone is 4. The van der Waals surface area contributed by atoms with Gasteiger partial charge in [0.1, 0.15) is 5.67 Å². The van der Waals surface area contributed by atoms with Gasteiger partial charge in [0.25, 0.3) is 0 Å². The van der Waals surface area contributed by atoms with E-state index in [9.17, 15) is 20.1 Å². The first-order valence-corrected chi connectivity index (χ1v) is 13.7. The maximum absolute atomic E-state index is 16.3. The highest BCUT2D eigenvalue weighted by Crippen LogP contribution is 2.61. The Kier molecular flexibility index (Phi) is 8.95. The van der Waals surface area contributed by atoms with Gasteiger partial charge in [-0.1, -0.05) is 36.3 Å². The van der Waals surface area contributed by atoms with Gasteiger partial charge in [0.15, 0.2) is 0 Å². The number of carbonyl (C=O) groups is 1. The van der Waals surface area contributed by atoms with Crippen molar-refractivity contribution in [3.63, 3.8) is 0 Å². The van der Waals surface area contributed by atoms with Gasteiger partial charge >= 0.3 is 5.97 Å². The molecule has 0 radical (unpaired) electrons. The summed E-state index contributed by atoms with van der Waals surface area (Å²) in [6.45, 7) is 10.6. The predicted molar refractivity (Wildman–Crippen MR) is 140 cm³/mol. The lowest BCUT2D eigenvalue weighted by Crippen LogP contribution is -2.42. The number of aliphatic hydroxyl groups excluding tert-OH is 3. The van der Waals surface area contributed by atoms with Gasteiger partial charge in [-0.15, -0.1) is 0 Å². The highest BCUT2D eigenvalue weighted by molar-refractivity contribution is 5.77. The van der Waals surface area contributed by atoms with E-state index in [2.05, 4.69) is 19.1 Å². The van der Waals surface area contributed by atoms with Crippen LogP contribution in [-0.2, 0) is 9.53 Å². The van der Waals surface area contributed by atoms with Gasteiger partial charge < -0.3 is 20.1 Å². The number of esters is 1. The number of rotatable bonds is 7. The van der Waals surface area contributed by atoms with Crippen molar-refractivity contribution in [1.29, 1.82) is 0 Å². The molecular weight excluding hydrogens is 459 g/mol. The molecule has 5 nitrogen and oxygen atoms in total. The lowest BCUT2D eigenvalue weighted by Gasteiger charge is -2.45. The van der Waals surface area contributed by atoms with Crippen molar-refractivity contribution >= 4 is 5.97 Å². The van der Waals surface area contributed by atoms with Crippen molar-refractivity contribution in [1.82, 2.24) is 0 Å². The molecule has 0 aromatic rings. The predicted octanol–water partition coefficient (Wildman–Crippen LogP) is 5.58. The summed E-state index contributed by atoms with van der Waals surface area (Å²) in [5.41, 5.74) is -0.583. The summed E-state index contributed by atoms with van der Waals surface area (Å²) in [4.78, 5) is 12.4. The highest BCUT2D eigenvalue weighted by Gasteiger charge is 2.55. The summed E-state index contributed by atoms with van der Waals surface area (Å²) in [5, 5.41) is 30.7. The summed E-state index contributed by atoms with van der Waals surface area (Å²) in [6, 6.07) is 0. The Morgan fingerprint density at radius 1 is 1.14 bits per heavy atom. The second-order valence-electron chi connectivity index (χ2n) is 12.7. The number of alkyl halides is 1. The van der Waals surface area contributed by atoms with Crippen LogP contribution >= 0.6 is 0 Å². The zero-order chi connectivity index (χ0) is 26.9. The highest BCUT2D eigenvalue weighted by atomic mass is 19.1. The topological polar surface area (TPSA) is 87.0 Å². The van der Waals surface area contributed by atoms with E-state index in [-0.39, 0.29) is 23.4 Å². The van der Waals surface area contributed by atoms with Crippen LogP contribution < -0.4 is 0 Å². The van der Waals surface area contributed by atoms with Crippen molar-refractivity contribution in [2.45, 2.75) is 123 Å². The number of ether oxygens (including phenoxy) is 1. The van der Waals surface area contributed by atoms with Gasteiger partial charge in [-0.3, -0.25) is 4.79 Å². The standard InChI is InChI=1S/C30H47FO5/c1-19(2)36-27(35)28(3,4)26(34)13-15-30(6,31)25-12-11-24-21(8-7-14-29(24,25)5)10-9-20-16-22(32)18-23(33)17-20/h9-10,13,15,19,22-26,32-34H,7-8,11-12,14,16-18H2,1-6H3/b15-13+,21-10+/t22-,23-,24+,25+,26+,29+,30+/m1/s1. The number of aliphatic hydroxyl groups is 3. The Labute approximate surface area is 216 Å². The molecule has 0 heterocycles. The Morgan fingerprint density at radius 2 is 1.78 bits per heavy atom. The van der Waals surface area contributed by atoms with Gasteiger partial charge in [0, 0.05) is 5.92 Å². The molecule has 3 aliphatic rings. The van der Waals surface area contributed by atoms with Crippen LogP contribution in [0.1, 0.15) is 92.9 Å². The van der Waals surface area contributed by atoms with Crippen LogP contribution in [-0.4, -0.2) is 51.4 Å². The van der Waals surface area contributed by atoms with Crippen molar-refractivity contribution in [2.24, 2.45) is 22.7 Å². The number of fused-ring (bicyclic) bond motifs is 1. The fourth-order valence-corrected chi connectivity index (χ4v) is 6.82. The molecule has 0 unspecified atom stereocenters. The number of halogens is 1. The van der Waals surface area contributed by atoms with Crippen molar-refractivity contribution in [2.75, 3.05) is 0 Å². The molecular formula is C30H47FO5. The van der Waals surface area contributed by atoms with Gasteiger partial charge in [0.2, 0.25) is 0 Å². The molecule has 36 heavy (non-hydrogen) atoms. The quantitative estimate of drug-likeness (QED) is 0.310. The normalized spacial score (nSPS) is 35.1. The molecule has 3 rings (SSSR count). The zero-order valence-corrected chi connectivity index (χ0v) is 23.0. The molecule has 3 aliphatic carbocycles. The van der Waals surface area contributed by atoms with Crippen LogP contribution in [0.4, 0.5) is 4.39 Å². The van der Waals surface area contributed by atoms with Crippen LogP contribution in [0.2, 0.25) is 0 Å². The maximum atomic E-state index is 16.3. The molecule has 3 saturated carbocycles. The Bertz CT molecular complexity index is 874. The largest absolute Gasteiger partial charge is 0.462 e. The molecule has 0 aliphatic heterocycles. The summed E-state index contributed by atoms with van der Waals surface area (Å²) >= 11 is 0. The van der Waals surface area contributed by atoms with Crippen LogP contribution in [0.5, 0.6) is 0 Å². The zero-order valence-electron chi connectivity index (χ0n) is 23.0. The summed E-state index contributed by atoms with van der Waals surface area (Å²) in [7, 11) is 0. The monoisotopic (exact) mass is 506 g/mol. The SMILES string of the molecule is CC(C)OC(=O)C(C)(C)[C@@H](O)/C=C/[C@](C)(F)[C@H]1CC[C@H]2/C(=C/C=C3C[C@@H](O)C[C@H](O)C3)CCC[C@@]21C. The fraction of sp³-hybridized carbons (Fsp3) is 0.767. The Balaban J connectivity index is 1.75. The van der Waals surface area contributed by atoms with Gasteiger partial charge in [-0.2, -0.15) is 0 Å². The van der Waals surface area contributed by atoms with Gasteiger partial charge in [0.05, 0.1) is 29.8 Å². The minimum Gasteiger partial charge on any atom is -0.462 e. The molecule has 0 aromatic heterocycles. The fourth-order valence-electron chi connectivity index (χ4n) is 6.82. The maximum Gasteiger partial charge on any atom is 0.314 e.